The lowest BCUT2D eigenvalue weighted by Gasteiger charge is -2.45. The van der Waals surface area contributed by atoms with Crippen molar-refractivity contribution in [2.24, 2.45) is 0 Å². The first-order chi connectivity index (χ1) is 17.1. The highest BCUT2D eigenvalue weighted by atomic mass is 16.6. The van der Waals surface area contributed by atoms with Crippen LogP contribution in [0.4, 0.5) is 0 Å². The fourth-order valence-electron chi connectivity index (χ4n) is 4.28. The first kappa shape index (κ1) is 25.5. The molecule has 0 aromatic heterocycles. The molecule has 6 nitrogen and oxygen atoms in total. The molecule has 0 aliphatic carbocycles. The normalized spacial score (nSPS) is 25.3. The van der Waals surface area contributed by atoms with Gasteiger partial charge in [0, 0.05) is 0 Å². The molecule has 3 aromatic rings. The van der Waals surface area contributed by atoms with Crippen LogP contribution < -0.4 is 0 Å². The van der Waals surface area contributed by atoms with Crippen LogP contribution in [0.3, 0.4) is 0 Å². The third-order valence-corrected chi connectivity index (χ3v) is 6.14. The molecule has 0 spiro atoms. The Labute approximate surface area is 207 Å². The second kappa shape index (κ2) is 12.9. The van der Waals surface area contributed by atoms with Crippen molar-refractivity contribution in [1.82, 2.24) is 0 Å². The van der Waals surface area contributed by atoms with Crippen LogP contribution >= 0.6 is 0 Å². The molecule has 1 heterocycles. The maximum Gasteiger partial charge on any atom is 0.115 e. The van der Waals surface area contributed by atoms with E-state index in [2.05, 4.69) is 0 Å². The predicted molar refractivity (Wildman–Crippen MR) is 132 cm³/mol. The van der Waals surface area contributed by atoms with Gasteiger partial charge in [-0.2, -0.15) is 0 Å². The standard InChI is InChI=1S/C29H34O6/c1-21(30)27-26(31)29(34-19-24-15-9-4-10-16-24)28(33-18-23-13-7-3-8-14-23)25(35-27)20-32-17-22-11-5-2-6-12-22/h2-16,21,25-31H,17-20H2,1H3/t21?,25-,26-,27+,28+,29+/m0/s1. The molecule has 6 atom stereocenters. The van der Waals surface area contributed by atoms with Gasteiger partial charge in [-0.3, -0.25) is 0 Å². The summed E-state index contributed by atoms with van der Waals surface area (Å²) in [6.45, 7) is 2.90. The van der Waals surface area contributed by atoms with E-state index in [1.807, 2.05) is 91.0 Å². The number of hydrogen-bond acceptors (Lipinski definition) is 6. The maximum absolute atomic E-state index is 11.1. The SMILES string of the molecule is CC(O)[C@H]1O[C@@H](COCc2ccccc2)[C@@H](OCc2ccccc2)[C@H](OCc2ccccc2)[C@H]1O. The van der Waals surface area contributed by atoms with Gasteiger partial charge in [-0.05, 0) is 23.6 Å². The molecular formula is C29H34O6. The van der Waals surface area contributed by atoms with Gasteiger partial charge in [-0.25, -0.2) is 0 Å². The molecule has 1 aliphatic heterocycles. The molecular weight excluding hydrogens is 444 g/mol. The van der Waals surface area contributed by atoms with Crippen molar-refractivity contribution in [3.8, 4) is 0 Å². The van der Waals surface area contributed by atoms with Gasteiger partial charge in [0.1, 0.15) is 30.5 Å². The monoisotopic (exact) mass is 478 g/mol. The summed E-state index contributed by atoms with van der Waals surface area (Å²) in [5.74, 6) is 0. The number of hydrogen-bond donors (Lipinski definition) is 2. The zero-order valence-electron chi connectivity index (χ0n) is 20.0. The lowest BCUT2D eigenvalue weighted by molar-refractivity contribution is -0.274. The third-order valence-electron chi connectivity index (χ3n) is 6.14. The van der Waals surface area contributed by atoms with E-state index in [0.717, 1.165) is 16.7 Å². The van der Waals surface area contributed by atoms with E-state index in [4.69, 9.17) is 18.9 Å². The second-order valence-electron chi connectivity index (χ2n) is 8.89. The van der Waals surface area contributed by atoms with E-state index in [9.17, 15) is 10.2 Å². The molecule has 1 unspecified atom stereocenters. The largest absolute Gasteiger partial charge is 0.391 e. The lowest BCUT2D eigenvalue weighted by atomic mass is 9.92. The number of benzene rings is 3. The van der Waals surface area contributed by atoms with Crippen LogP contribution in [-0.4, -0.2) is 53.4 Å². The average Bonchev–Trinajstić information content (AvgIpc) is 2.89. The summed E-state index contributed by atoms with van der Waals surface area (Å²) in [7, 11) is 0. The zero-order chi connectivity index (χ0) is 24.5. The molecule has 0 amide bonds. The minimum Gasteiger partial charge on any atom is -0.391 e. The number of aliphatic hydroxyl groups is 2. The molecule has 3 aromatic carbocycles. The van der Waals surface area contributed by atoms with E-state index >= 15 is 0 Å². The minimum atomic E-state index is -1.06. The Morgan fingerprint density at radius 3 is 1.66 bits per heavy atom. The van der Waals surface area contributed by atoms with Crippen molar-refractivity contribution in [2.45, 2.75) is 63.4 Å². The lowest BCUT2D eigenvalue weighted by Crippen LogP contribution is -2.62. The van der Waals surface area contributed by atoms with E-state index in [1.165, 1.54) is 0 Å². The van der Waals surface area contributed by atoms with Crippen LogP contribution in [-0.2, 0) is 38.8 Å². The molecule has 0 radical (unpaired) electrons. The molecule has 186 valence electrons. The highest BCUT2D eigenvalue weighted by Crippen LogP contribution is 2.29. The Morgan fingerprint density at radius 1 is 0.714 bits per heavy atom. The Bertz CT molecular complexity index is 982. The van der Waals surface area contributed by atoms with Gasteiger partial charge in [0.25, 0.3) is 0 Å². The fourth-order valence-corrected chi connectivity index (χ4v) is 4.28. The van der Waals surface area contributed by atoms with Crippen molar-refractivity contribution in [1.29, 1.82) is 0 Å². The van der Waals surface area contributed by atoms with Crippen LogP contribution in [0.25, 0.3) is 0 Å². The first-order valence-electron chi connectivity index (χ1n) is 12.1. The van der Waals surface area contributed by atoms with Crippen molar-refractivity contribution < 1.29 is 29.2 Å². The Kier molecular flexibility index (Phi) is 9.42. The fraction of sp³-hybridized carbons (Fsp3) is 0.379. The van der Waals surface area contributed by atoms with Gasteiger partial charge in [0.15, 0.2) is 0 Å². The van der Waals surface area contributed by atoms with E-state index < -0.39 is 36.6 Å². The van der Waals surface area contributed by atoms with Crippen molar-refractivity contribution in [3.05, 3.63) is 108 Å². The summed E-state index contributed by atoms with van der Waals surface area (Å²) >= 11 is 0. The first-order valence-corrected chi connectivity index (χ1v) is 12.1. The quantitative estimate of drug-likeness (QED) is 0.436. The smallest absolute Gasteiger partial charge is 0.115 e. The molecule has 4 rings (SSSR count). The van der Waals surface area contributed by atoms with Crippen LogP contribution in [0.15, 0.2) is 91.0 Å². The van der Waals surface area contributed by atoms with Crippen LogP contribution in [0, 0.1) is 0 Å². The van der Waals surface area contributed by atoms with E-state index in [1.54, 1.807) is 6.92 Å². The van der Waals surface area contributed by atoms with Gasteiger partial charge in [0.05, 0.1) is 32.5 Å². The second-order valence-corrected chi connectivity index (χ2v) is 8.89. The molecule has 35 heavy (non-hydrogen) atoms. The zero-order valence-corrected chi connectivity index (χ0v) is 20.0. The van der Waals surface area contributed by atoms with E-state index in [0.29, 0.717) is 19.8 Å². The van der Waals surface area contributed by atoms with Crippen LogP contribution in [0.1, 0.15) is 23.6 Å². The summed E-state index contributed by atoms with van der Waals surface area (Å²) in [6.07, 6.45) is -4.62. The molecule has 1 aliphatic rings. The van der Waals surface area contributed by atoms with E-state index in [-0.39, 0.29) is 6.61 Å². The Balaban J connectivity index is 1.51. The summed E-state index contributed by atoms with van der Waals surface area (Å²) < 4.78 is 24.7. The van der Waals surface area contributed by atoms with Gasteiger partial charge in [0.2, 0.25) is 0 Å². The van der Waals surface area contributed by atoms with Gasteiger partial charge in [-0.1, -0.05) is 91.0 Å². The van der Waals surface area contributed by atoms with Crippen molar-refractivity contribution >= 4 is 0 Å². The Morgan fingerprint density at radius 2 is 1.17 bits per heavy atom. The summed E-state index contributed by atoms with van der Waals surface area (Å²) in [5.41, 5.74) is 3.04. The number of rotatable bonds is 11. The highest BCUT2D eigenvalue weighted by Gasteiger charge is 2.48. The maximum atomic E-state index is 11.1. The Hall–Kier alpha value is -2.58. The molecule has 0 bridgehead atoms. The van der Waals surface area contributed by atoms with Gasteiger partial charge in [-0.15, -0.1) is 0 Å². The predicted octanol–water partition coefficient (Wildman–Crippen LogP) is 3.88. The third kappa shape index (κ3) is 7.21. The molecule has 2 N–H and O–H groups in total. The summed E-state index contributed by atoms with van der Waals surface area (Å²) in [6, 6.07) is 29.5. The number of ether oxygens (including phenoxy) is 4. The summed E-state index contributed by atoms with van der Waals surface area (Å²) in [4.78, 5) is 0. The molecule has 1 fully saturated rings. The average molecular weight is 479 g/mol. The van der Waals surface area contributed by atoms with Crippen molar-refractivity contribution in [3.63, 3.8) is 0 Å². The highest BCUT2D eigenvalue weighted by molar-refractivity contribution is 5.15. The molecule has 6 heteroatoms. The summed E-state index contributed by atoms with van der Waals surface area (Å²) in [5, 5.41) is 21.5. The van der Waals surface area contributed by atoms with Gasteiger partial charge >= 0.3 is 0 Å². The van der Waals surface area contributed by atoms with Crippen LogP contribution in [0.2, 0.25) is 0 Å². The molecule has 0 saturated carbocycles. The topological polar surface area (TPSA) is 77.4 Å². The number of aliphatic hydroxyl groups excluding tert-OH is 2. The molecule has 1 saturated heterocycles. The minimum absolute atomic E-state index is 0.232. The van der Waals surface area contributed by atoms with Crippen LogP contribution in [0.5, 0.6) is 0 Å². The van der Waals surface area contributed by atoms with Gasteiger partial charge < -0.3 is 29.2 Å². The van der Waals surface area contributed by atoms with Crippen molar-refractivity contribution in [2.75, 3.05) is 6.61 Å².